The van der Waals surface area contributed by atoms with E-state index in [-0.39, 0.29) is 0 Å². The molecule has 3 N–H and O–H groups in total. The number of nitrogens with zero attached hydrogens (tertiary/aromatic N) is 5. The van der Waals surface area contributed by atoms with Crippen molar-refractivity contribution >= 4 is 29.0 Å². The third-order valence-corrected chi connectivity index (χ3v) is 6.41. The topological polar surface area (TPSA) is 91.9 Å². The zero-order valence-electron chi connectivity index (χ0n) is 24.5. The van der Waals surface area contributed by atoms with Crippen molar-refractivity contribution in [2.45, 2.75) is 73.6 Å². The van der Waals surface area contributed by atoms with Crippen LogP contribution in [0.15, 0.2) is 35.4 Å². The fourth-order valence-electron chi connectivity index (χ4n) is 4.35. The highest BCUT2D eigenvalue weighted by molar-refractivity contribution is 5.80. The molecule has 0 unspecified atom stereocenters. The summed E-state index contributed by atoms with van der Waals surface area (Å²) < 4.78 is 6.04. The van der Waals surface area contributed by atoms with Crippen molar-refractivity contribution in [2.75, 3.05) is 55.4 Å². The zero-order chi connectivity index (χ0) is 27.8. The molecule has 0 amide bonds. The molecule has 0 spiro atoms. The summed E-state index contributed by atoms with van der Waals surface area (Å²) in [6.07, 6.45) is 9.73. The van der Waals surface area contributed by atoms with Gasteiger partial charge in [-0.25, -0.2) is 0 Å². The van der Waals surface area contributed by atoms with Crippen LogP contribution in [0.5, 0.6) is 6.01 Å². The Labute approximate surface area is 230 Å². The number of nitrogens with one attached hydrogen (secondary N) is 1. The summed E-state index contributed by atoms with van der Waals surface area (Å²) in [5.41, 5.74) is 13.7. The van der Waals surface area contributed by atoms with Crippen molar-refractivity contribution in [3.8, 4) is 6.01 Å². The van der Waals surface area contributed by atoms with E-state index in [4.69, 9.17) is 15.5 Å². The van der Waals surface area contributed by atoms with E-state index in [2.05, 4.69) is 39.2 Å². The van der Waals surface area contributed by atoms with Crippen LogP contribution in [0.4, 0.5) is 17.2 Å². The average molecular weight is 524 g/mol. The second kappa shape index (κ2) is 17.4. The molecule has 38 heavy (non-hydrogen) atoms. The Balaban J connectivity index is 0.00000247. The highest BCUT2D eigenvalue weighted by Gasteiger charge is 2.13. The predicted octanol–water partition coefficient (Wildman–Crippen LogP) is 6.45. The number of anilines is 3. The van der Waals surface area contributed by atoms with Gasteiger partial charge in [-0.3, -0.25) is 10.3 Å². The average Bonchev–Trinajstić information content (AvgIpc) is 2.95. The van der Waals surface area contributed by atoms with Crippen LogP contribution in [0.2, 0.25) is 0 Å². The fourth-order valence-corrected chi connectivity index (χ4v) is 4.35. The lowest BCUT2D eigenvalue weighted by Gasteiger charge is -2.26. The zero-order valence-corrected chi connectivity index (χ0v) is 24.5. The first-order valence-electron chi connectivity index (χ1n) is 14.3. The number of aromatic nitrogens is 2. The Morgan fingerprint density at radius 3 is 2.47 bits per heavy atom. The molecule has 1 aliphatic heterocycles. The number of piperidine rings is 1. The van der Waals surface area contributed by atoms with Gasteiger partial charge in [-0.2, -0.15) is 15.1 Å². The number of allylic oxidation sites excluding steroid dienone is 2. The van der Waals surface area contributed by atoms with E-state index in [9.17, 15) is 0 Å². The second-order valence-electron chi connectivity index (χ2n) is 9.32. The van der Waals surface area contributed by atoms with Gasteiger partial charge in [0.2, 0.25) is 0 Å². The number of hydrazone groups is 1. The number of hydrogen-bond donors (Lipinski definition) is 2. The molecule has 1 fully saturated rings. The van der Waals surface area contributed by atoms with Crippen molar-refractivity contribution in [3.63, 3.8) is 0 Å². The van der Waals surface area contributed by atoms with E-state index < -0.39 is 0 Å². The van der Waals surface area contributed by atoms with Gasteiger partial charge in [-0.1, -0.05) is 40.2 Å². The summed E-state index contributed by atoms with van der Waals surface area (Å²) in [5, 5.41) is 4.45. The lowest BCUT2D eigenvalue weighted by Crippen LogP contribution is -2.33. The molecule has 2 aromatic rings. The van der Waals surface area contributed by atoms with E-state index in [1.807, 2.05) is 58.0 Å². The molecular weight excluding hydrogens is 474 g/mol. The molecule has 0 atom stereocenters. The quantitative estimate of drug-likeness (QED) is 0.177. The largest absolute Gasteiger partial charge is 0.462 e. The van der Waals surface area contributed by atoms with Gasteiger partial charge >= 0.3 is 6.01 Å². The van der Waals surface area contributed by atoms with Gasteiger partial charge in [0.05, 0.1) is 17.6 Å². The SMILES string of the molecule is C/C=C(\C)c1cc(N/N=C/c2cc(N(CCC)CCC)nc(OCCN3CCCCC3)n2)ccc1N.CC. The van der Waals surface area contributed by atoms with E-state index >= 15 is 0 Å². The van der Waals surface area contributed by atoms with Gasteiger partial charge in [-0.15, -0.1) is 0 Å². The van der Waals surface area contributed by atoms with Crippen molar-refractivity contribution < 1.29 is 4.74 Å². The van der Waals surface area contributed by atoms with Gasteiger partial charge in [0.1, 0.15) is 12.4 Å². The summed E-state index contributed by atoms with van der Waals surface area (Å²) in [6.45, 7) is 18.1. The van der Waals surface area contributed by atoms with Crippen LogP contribution in [-0.2, 0) is 0 Å². The highest BCUT2D eigenvalue weighted by Crippen LogP contribution is 2.25. The number of nitrogen functional groups attached to an aromatic ring is 1. The first-order valence-corrected chi connectivity index (χ1v) is 14.3. The smallest absolute Gasteiger partial charge is 0.319 e. The van der Waals surface area contributed by atoms with E-state index in [0.29, 0.717) is 18.3 Å². The molecular formula is C30H49N7O. The first kappa shape index (κ1) is 31.1. The molecule has 0 saturated carbocycles. The maximum Gasteiger partial charge on any atom is 0.319 e. The van der Waals surface area contributed by atoms with E-state index in [1.54, 1.807) is 6.21 Å². The maximum absolute atomic E-state index is 6.14. The van der Waals surface area contributed by atoms with Crippen molar-refractivity contribution in [2.24, 2.45) is 5.10 Å². The third kappa shape index (κ3) is 9.97. The summed E-state index contributed by atoms with van der Waals surface area (Å²) in [4.78, 5) is 14.1. The molecule has 210 valence electrons. The van der Waals surface area contributed by atoms with Crippen molar-refractivity contribution in [3.05, 3.63) is 41.6 Å². The van der Waals surface area contributed by atoms with Crippen molar-refractivity contribution in [1.29, 1.82) is 0 Å². The van der Waals surface area contributed by atoms with E-state index in [1.165, 1.54) is 19.3 Å². The summed E-state index contributed by atoms with van der Waals surface area (Å²) in [7, 11) is 0. The summed E-state index contributed by atoms with van der Waals surface area (Å²) in [6, 6.07) is 8.20. The minimum Gasteiger partial charge on any atom is -0.462 e. The molecule has 8 heteroatoms. The van der Waals surface area contributed by atoms with Gasteiger partial charge < -0.3 is 15.4 Å². The highest BCUT2D eigenvalue weighted by atomic mass is 16.5. The molecule has 0 bridgehead atoms. The standard InChI is InChI=1S/C28H43N7O.C2H6/c1-5-13-35(14-6-2)27-20-24(31-28(32-27)36-18-17-34-15-9-8-10-16-34)21-30-33-23-11-12-26(29)25(19-23)22(4)7-3;1-2/h7,11-12,19-21,33H,5-6,8-10,13-18,29H2,1-4H3;1-2H3/b22-7+,30-21+;. The Kier molecular flexibility index (Phi) is 14.2. The normalized spacial score (nSPS) is 14.2. The lowest BCUT2D eigenvalue weighted by atomic mass is 10.0. The number of ether oxygens (including phenoxy) is 1. The molecule has 0 radical (unpaired) electrons. The Morgan fingerprint density at radius 2 is 1.82 bits per heavy atom. The second-order valence-corrected chi connectivity index (χ2v) is 9.32. The number of nitrogens with two attached hydrogens (primary N) is 1. The number of benzene rings is 1. The summed E-state index contributed by atoms with van der Waals surface area (Å²) in [5.74, 6) is 0.876. The van der Waals surface area contributed by atoms with E-state index in [0.717, 1.165) is 73.9 Å². The molecule has 1 aromatic heterocycles. The molecule has 3 rings (SSSR count). The van der Waals surface area contributed by atoms with Crippen LogP contribution in [0.3, 0.4) is 0 Å². The van der Waals surface area contributed by atoms with Crippen molar-refractivity contribution in [1.82, 2.24) is 14.9 Å². The maximum atomic E-state index is 6.14. The predicted molar refractivity (Wildman–Crippen MR) is 163 cm³/mol. The van der Waals surface area contributed by atoms with Crippen LogP contribution in [0.25, 0.3) is 5.57 Å². The number of likely N-dealkylation sites (tertiary alicyclic amines) is 1. The van der Waals surface area contributed by atoms with Gasteiger partial charge in [0.25, 0.3) is 0 Å². The third-order valence-electron chi connectivity index (χ3n) is 6.41. The van der Waals surface area contributed by atoms with Gasteiger partial charge in [-0.05, 0) is 76.4 Å². The number of hydrogen-bond acceptors (Lipinski definition) is 8. The van der Waals surface area contributed by atoms with Crippen LogP contribution in [-0.4, -0.2) is 60.4 Å². The molecule has 1 aliphatic rings. The van der Waals surface area contributed by atoms with Gasteiger partial charge in [0.15, 0.2) is 0 Å². The Hall–Kier alpha value is -3.13. The van der Waals surface area contributed by atoms with Crippen LogP contribution >= 0.6 is 0 Å². The lowest BCUT2D eigenvalue weighted by molar-refractivity contribution is 0.177. The fraction of sp³-hybridized carbons (Fsp3) is 0.567. The molecule has 0 aliphatic carbocycles. The first-order chi connectivity index (χ1) is 18.5. The van der Waals surface area contributed by atoms with Crippen LogP contribution in [0, 0.1) is 0 Å². The van der Waals surface area contributed by atoms with Gasteiger partial charge in [0, 0.05) is 37.0 Å². The van der Waals surface area contributed by atoms with Crippen LogP contribution in [0.1, 0.15) is 84.9 Å². The molecule has 2 heterocycles. The summed E-state index contributed by atoms with van der Waals surface area (Å²) >= 11 is 0. The molecule has 1 aromatic carbocycles. The Bertz CT molecular complexity index is 1010. The van der Waals surface area contributed by atoms with Crippen LogP contribution < -0.4 is 20.8 Å². The molecule has 1 saturated heterocycles. The number of rotatable bonds is 13. The minimum absolute atomic E-state index is 0.404. The Morgan fingerprint density at radius 1 is 1.11 bits per heavy atom. The monoisotopic (exact) mass is 523 g/mol. The molecule has 8 nitrogen and oxygen atoms in total. The minimum atomic E-state index is 0.404.